The van der Waals surface area contributed by atoms with Crippen LogP contribution in [0.15, 0.2) is 124 Å². The minimum absolute atomic E-state index is 0. The Morgan fingerprint density at radius 1 is 0.658 bits per heavy atom. The first-order chi connectivity index (χ1) is 17.5. The monoisotopic (exact) mass is 613 g/mol. The van der Waals surface area contributed by atoms with Crippen LogP contribution in [0.3, 0.4) is 0 Å². The van der Waals surface area contributed by atoms with E-state index in [-0.39, 0.29) is 30.2 Å². The quantitative estimate of drug-likeness (QED) is 0.285. The van der Waals surface area contributed by atoms with Crippen LogP contribution in [-0.4, -0.2) is 0 Å². The molecule has 6 rings (SSSR count). The van der Waals surface area contributed by atoms with E-state index in [0.717, 1.165) is 12.8 Å². The minimum Gasteiger partial charge on any atom is -1.00 e. The smallest absolute Gasteiger partial charge is 1.00 e. The molecule has 2 aliphatic carbocycles. The molecule has 3 heteroatoms. The van der Waals surface area contributed by atoms with E-state index in [1.165, 1.54) is 33.4 Å². The van der Waals surface area contributed by atoms with Gasteiger partial charge in [0.1, 0.15) is 0 Å². The molecule has 2 aliphatic rings. The normalized spacial score (nSPS) is 13.6. The van der Waals surface area contributed by atoms with Gasteiger partial charge in [-0.3, -0.25) is 0 Å². The average molecular weight is 616 g/mol. The molecule has 0 nitrogen and oxygen atoms in total. The Hall–Kier alpha value is -2.18. The zero-order valence-electron chi connectivity index (χ0n) is 22.2. The summed E-state index contributed by atoms with van der Waals surface area (Å²) < 4.78 is 3.85. The van der Waals surface area contributed by atoms with Gasteiger partial charge in [0.05, 0.1) is 0 Å². The SMILES string of the molecule is CC(C)(C)C1=CC[C]([Zr+2]([c]2cccc3c2Cc2ccccc2-3)[CH](c2ccccc2)c2ccccc2)=C1.[Cl-].[Cl-]. The van der Waals surface area contributed by atoms with E-state index in [0.29, 0.717) is 3.63 Å². The molecule has 0 heterocycles. The van der Waals surface area contributed by atoms with Crippen LogP contribution in [0.2, 0.25) is 0 Å². The van der Waals surface area contributed by atoms with Crippen molar-refractivity contribution in [2.45, 2.75) is 37.2 Å². The number of fused-ring (bicyclic) bond motifs is 3. The second kappa shape index (κ2) is 11.9. The maximum absolute atomic E-state index is 2.61. The van der Waals surface area contributed by atoms with Crippen LogP contribution in [0.25, 0.3) is 11.1 Å². The van der Waals surface area contributed by atoms with Gasteiger partial charge in [0.15, 0.2) is 0 Å². The van der Waals surface area contributed by atoms with Crippen LogP contribution in [-0.2, 0) is 28.2 Å². The Balaban J connectivity index is 0.00000168. The van der Waals surface area contributed by atoms with Crippen LogP contribution in [0.5, 0.6) is 0 Å². The molecule has 191 valence electrons. The predicted molar refractivity (Wildman–Crippen MR) is 149 cm³/mol. The van der Waals surface area contributed by atoms with Gasteiger partial charge in [-0.15, -0.1) is 0 Å². The second-order valence-electron chi connectivity index (χ2n) is 11.1. The van der Waals surface area contributed by atoms with Crippen molar-refractivity contribution in [1.82, 2.24) is 0 Å². The van der Waals surface area contributed by atoms with E-state index in [9.17, 15) is 0 Å². The Kier molecular flexibility index (Phi) is 9.04. The number of halogens is 2. The van der Waals surface area contributed by atoms with E-state index >= 15 is 0 Å². The summed E-state index contributed by atoms with van der Waals surface area (Å²) in [4.78, 5) is 0. The third-order valence-corrected chi connectivity index (χ3v) is 16.0. The molecule has 0 saturated carbocycles. The van der Waals surface area contributed by atoms with Crippen LogP contribution in [0, 0.1) is 5.41 Å². The molecule has 0 bridgehead atoms. The van der Waals surface area contributed by atoms with Crippen molar-refractivity contribution in [3.8, 4) is 11.1 Å². The van der Waals surface area contributed by atoms with Gasteiger partial charge in [-0.2, -0.15) is 0 Å². The first-order valence-electron chi connectivity index (χ1n) is 13.1. The molecule has 0 atom stereocenters. The summed E-state index contributed by atoms with van der Waals surface area (Å²) in [6.07, 6.45) is 7.29. The largest absolute Gasteiger partial charge is 1.00 e. The van der Waals surface area contributed by atoms with Gasteiger partial charge in [0.2, 0.25) is 0 Å². The molecule has 0 saturated heterocycles. The Labute approximate surface area is 248 Å². The average Bonchev–Trinajstić information content (AvgIpc) is 3.54. The number of hydrogen-bond donors (Lipinski definition) is 0. The third-order valence-electron chi connectivity index (χ3n) is 7.78. The van der Waals surface area contributed by atoms with Gasteiger partial charge in [0.25, 0.3) is 0 Å². The molecule has 0 N–H and O–H groups in total. The standard InChI is InChI=1S/C13H9.C13H11.C9H13.2ClH.Zr/c1-3-7-12-10(5-1)9-11-6-2-4-8-13(11)12;1-3-7-12(8-4-1)11-13-9-5-2-6-10-13;1-9(2,3)8-6-4-5-7-8;;;/h1-5,7-8H,9H2;1-11H;6-7H,4H2,1-3H3;2*1H;/q;;;;;+2/p-2. The Morgan fingerprint density at radius 3 is 1.84 bits per heavy atom. The molecule has 4 aromatic rings. The molecule has 0 aliphatic heterocycles. The van der Waals surface area contributed by atoms with Crippen molar-refractivity contribution in [1.29, 1.82) is 0 Å². The topological polar surface area (TPSA) is 0 Å². The van der Waals surface area contributed by atoms with E-state index in [4.69, 9.17) is 0 Å². The Morgan fingerprint density at radius 2 is 1.24 bits per heavy atom. The minimum atomic E-state index is -2.51. The van der Waals surface area contributed by atoms with Gasteiger partial charge in [-0.1, -0.05) is 0 Å². The van der Waals surface area contributed by atoms with Crippen molar-refractivity contribution in [3.63, 3.8) is 0 Å². The van der Waals surface area contributed by atoms with Crippen molar-refractivity contribution in [2.75, 3.05) is 0 Å². The summed E-state index contributed by atoms with van der Waals surface area (Å²) in [5.74, 6) is 0. The molecule has 38 heavy (non-hydrogen) atoms. The summed E-state index contributed by atoms with van der Waals surface area (Å²) in [5.41, 5.74) is 10.6. The first kappa shape index (κ1) is 28.8. The van der Waals surface area contributed by atoms with Crippen molar-refractivity contribution >= 4 is 3.27 Å². The Bertz CT molecular complexity index is 1420. The van der Waals surface area contributed by atoms with Gasteiger partial charge < -0.3 is 24.8 Å². The van der Waals surface area contributed by atoms with Crippen LogP contribution in [0.4, 0.5) is 0 Å². The van der Waals surface area contributed by atoms with E-state index < -0.39 is 21.8 Å². The van der Waals surface area contributed by atoms with Gasteiger partial charge in [-0.05, 0) is 0 Å². The van der Waals surface area contributed by atoms with Crippen molar-refractivity contribution in [3.05, 3.63) is 146 Å². The summed E-state index contributed by atoms with van der Waals surface area (Å²) in [6, 6.07) is 38.8. The van der Waals surface area contributed by atoms with E-state index in [1.54, 1.807) is 12.1 Å². The molecular weight excluding hydrogens is 583 g/mol. The molecule has 0 radical (unpaired) electrons. The zero-order valence-corrected chi connectivity index (χ0v) is 26.2. The second-order valence-corrected chi connectivity index (χ2v) is 17.5. The number of allylic oxidation sites excluding steroid dienone is 4. The van der Waals surface area contributed by atoms with E-state index in [2.05, 4.69) is 136 Å². The summed E-state index contributed by atoms with van der Waals surface area (Å²) in [6.45, 7) is 7.05. The maximum atomic E-state index is 2.61. The molecule has 0 unspecified atom stereocenters. The van der Waals surface area contributed by atoms with Gasteiger partial charge >= 0.3 is 225 Å². The van der Waals surface area contributed by atoms with Gasteiger partial charge in [-0.25, -0.2) is 0 Å². The fourth-order valence-corrected chi connectivity index (χ4v) is 14.7. The fraction of sp³-hybridized carbons (Fsp3) is 0.200. The number of hydrogen-bond acceptors (Lipinski definition) is 0. The van der Waals surface area contributed by atoms with Crippen LogP contribution >= 0.6 is 0 Å². The molecule has 0 fully saturated rings. The predicted octanol–water partition coefficient (Wildman–Crippen LogP) is 2.56. The van der Waals surface area contributed by atoms with E-state index in [1.807, 2.05) is 0 Å². The molecule has 0 spiro atoms. The fourth-order valence-electron chi connectivity index (χ4n) is 5.98. The zero-order chi connectivity index (χ0) is 24.7. The summed E-state index contributed by atoms with van der Waals surface area (Å²) in [5, 5.41) is 0. The molecular formula is C35H33Cl2Zr. The number of benzene rings is 4. The molecule has 4 aromatic carbocycles. The van der Waals surface area contributed by atoms with Gasteiger partial charge in [0, 0.05) is 0 Å². The van der Waals surface area contributed by atoms with Crippen LogP contribution < -0.4 is 28.1 Å². The molecule has 0 aromatic heterocycles. The maximum Gasteiger partial charge on any atom is -1.00 e. The number of rotatable bonds is 5. The summed E-state index contributed by atoms with van der Waals surface area (Å²) in [7, 11) is 0. The van der Waals surface area contributed by atoms with Crippen molar-refractivity contribution in [2.24, 2.45) is 5.41 Å². The van der Waals surface area contributed by atoms with Crippen LogP contribution in [0.1, 0.15) is 53.1 Å². The molecule has 0 amide bonds. The third kappa shape index (κ3) is 5.44. The summed E-state index contributed by atoms with van der Waals surface area (Å²) >= 11 is -2.51. The van der Waals surface area contributed by atoms with Crippen molar-refractivity contribution < 1.29 is 46.6 Å². The first-order valence-corrected chi connectivity index (χ1v) is 17.0.